The fraction of sp³-hybridized carbons (Fsp3) is 0.429. The van der Waals surface area contributed by atoms with Crippen LogP contribution in [0, 0.1) is 5.41 Å². The van der Waals surface area contributed by atoms with Crippen molar-refractivity contribution in [1.29, 1.82) is 0 Å². The van der Waals surface area contributed by atoms with Crippen molar-refractivity contribution in [3.63, 3.8) is 0 Å². The van der Waals surface area contributed by atoms with Crippen molar-refractivity contribution in [2.75, 3.05) is 7.11 Å². The summed E-state index contributed by atoms with van der Waals surface area (Å²) in [6.45, 7) is 4.05. The molecule has 3 rings (SSSR count). The van der Waals surface area contributed by atoms with Crippen LogP contribution in [0.15, 0.2) is 58.2 Å². The van der Waals surface area contributed by atoms with Gasteiger partial charge in [-0.15, -0.1) is 0 Å². The minimum atomic E-state index is -3.65. The van der Waals surface area contributed by atoms with Crippen molar-refractivity contribution in [3.8, 4) is 0 Å². The lowest BCUT2D eigenvalue weighted by atomic mass is 9.99. The van der Waals surface area contributed by atoms with Crippen LogP contribution in [-0.4, -0.2) is 15.5 Å². The Kier molecular flexibility index (Phi) is 5.13. The minimum absolute atomic E-state index is 0.163. The van der Waals surface area contributed by atoms with Gasteiger partial charge in [0.15, 0.2) is 0 Å². The number of hydrogen-bond acceptors (Lipinski definition) is 3. The third kappa shape index (κ3) is 3.94. The monoisotopic (exact) mass is 373 g/mol. The molecule has 2 N–H and O–H groups in total. The molecule has 5 heteroatoms. The van der Waals surface area contributed by atoms with E-state index >= 15 is 0 Å². The van der Waals surface area contributed by atoms with E-state index in [1.807, 2.05) is 25.1 Å². The summed E-state index contributed by atoms with van der Waals surface area (Å²) in [6.07, 6.45) is 9.91. The Hall–Kier alpha value is -1.85. The highest BCUT2D eigenvalue weighted by atomic mass is 32.2. The third-order valence-corrected chi connectivity index (χ3v) is 6.51. The van der Waals surface area contributed by atoms with E-state index in [1.54, 1.807) is 19.2 Å². The molecule has 0 aliphatic heterocycles. The molecule has 1 fully saturated rings. The predicted molar refractivity (Wildman–Crippen MR) is 105 cm³/mol. The first-order valence-corrected chi connectivity index (χ1v) is 10.5. The zero-order valence-electron chi connectivity index (χ0n) is 15.7. The van der Waals surface area contributed by atoms with Crippen LogP contribution in [0.25, 0.3) is 5.57 Å². The van der Waals surface area contributed by atoms with Gasteiger partial charge in [-0.3, -0.25) is 0 Å². The molecule has 26 heavy (non-hydrogen) atoms. The van der Waals surface area contributed by atoms with Gasteiger partial charge >= 0.3 is 0 Å². The van der Waals surface area contributed by atoms with Gasteiger partial charge in [-0.05, 0) is 86.3 Å². The van der Waals surface area contributed by atoms with Crippen LogP contribution in [0.1, 0.15) is 51.5 Å². The molecular formula is C21H27NO3S. The summed E-state index contributed by atoms with van der Waals surface area (Å²) in [5, 5.41) is 5.21. The van der Waals surface area contributed by atoms with Gasteiger partial charge in [0, 0.05) is 0 Å². The van der Waals surface area contributed by atoms with E-state index in [0.29, 0.717) is 5.41 Å². The molecule has 0 heterocycles. The number of ether oxygens (including phenoxy) is 1. The molecule has 1 saturated carbocycles. The Balaban J connectivity index is 1.88. The van der Waals surface area contributed by atoms with Crippen molar-refractivity contribution in [1.82, 2.24) is 0 Å². The van der Waals surface area contributed by atoms with Crippen LogP contribution in [0.3, 0.4) is 0 Å². The van der Waals surface area contributed by atoms with Gasteiger partial charge in [0.25, 0.3) is 0 Å². The largest absolute Gasteiger partial charge is 0.497 e. The topological polar surface area (TPSA) is 69.4 Å². The standard InChI is InChI=1S/C21H27NO3S/c1-4-20(25-3)15(2)5-6-17-13-21(11-12-21)14-19(17)16-7-9-18(10-8-16)26(22,23)24/h4-5,7-10H,6,11-14H2,1-3H3,(H2,22,23,24)/b15-5-,20-4+. The van der Waals surface area contributed by atoms with Gasteiger partial charge in [-0.1, -0.05) is 23.8 Å². The highest BCUT2D eigenvalue weighted by Gasteiger charge is 2.47. The molecule has 0 atom stereocenters. The van der Waals surface area contributed by atoms with E-state index < -0.39 is 10.0 Å². The molecule has 1 aromatic rings. The summed E-state index contributed by atoms with van der Waals surface area (Å²) in [5.41, 5.74) is 5.53. The van der Waals surface area contributed by atoms with E-state index in [9.17, 15) is 8.42 Å². The highest BCUT2D eigenvalue weighted by molar-refractivity contribution is 7.89. The second kappa shape index (κ2) is 7.05. The van der Waals surface area contributed by atoms with E-state index in [1.165, 1.54) is 24.0 Å². The number of allylic oxidation sites excluding steroid dienone is 5. The number of sulfonamides is 1. The van der Waals surface area contributed by atoms with Gasteiger partial charge < -0.3 is 4.74 Å². The second-order valence-electron chi connectivity index (χ2n) is 7.45. The van der Waals surface area contributed by atoms with Gasteiger partial charge in [0.05, 0.1) is 12.0 Å². The van der Waals surface area contributed by atoms with E-state index in [-0.39, 0.29) is 4.90 Å². The Morgan fingerprint density at radius 2 is 1.88 bits per heavy atom. The molecule has 0 unspecified atom stereocenters. The zero-order chi connectivity index (χ0) is 18.9. The lowest BCUT2D eigenvalue weighted by Gasteiger charge is -2.09. The number of benzene rings is 1. The molecule has 0 aromatic heterocycles. The number of methoxy groups -OCH3 is 1. The van der Waals surface area contributed by atoms with Gasteiger partial charge in [0.1, 0.15) is 5.76 Å². The molecule has 1 aromatic carbocycles. The molecular weight excluding hydrogens is 346 g/mol. The third-order valence-electron chi connectivity index (χ3n) is 5.58. The maximum atomic E-state index is 11.5. The smallest absolute Gasteiger partial charge is 0.238 e. The van der Waals surface area contributed by atoms with Crippen molar-refractivity contribution >= 4 is 15.6 Å². The Bertz CT molecular complexity index is 886. The number of rotatable bonds is 6. The molecule has 0 radical (unpaired) electrons. The summed E-state index contributed by atoms with van der Waals surface area (Å²) in [5.74, 6) is 0.906. The summed E-state index contributed by atoms with van der Waals surface area (Å²) >= 11 is 0. The van der Waals surface area contributed by atoms with Gasteiger partial charge in [-0.2, -0.15) is 0 Å². The Labute approximate surface area is 156 Å². The van der Waals surface area contributed by atoms with Crippen LogP contribution in [0.4, 0.5) is 0 Å². The second-order valence-corrected chi connectivity index (χ2v) is 9.01. The molecule has 0 saturated heterocycles. The SMILES string of the molecule is C/C=C(OC)\C(C)=C/CC1=C(c2ccc(S(N)(=O)=O)cc2)CC2(CC2)C1. The molecule has 2 aliphatic rings. The van der Waals surface area contributed by atoms with Crippen molar-refractivity contribution in [2.24, 2.45) is 10.6 Å². The fourth-order valence-corrected chi connectivity index (χ4v) is 4.40. The lowest BCUT2D eigenvalue weighted by Crippen LogP contribution is -2.11. The summed E-state index contributed by atoms with van der Waals surface area (Å²) in [6, 6.07) is 6.99. The molecule has 2 aliphatic carbocycles. The van der Waals surface area contributed by atoms with Crippen LogP contribution < -0.4 is 5.14 Å². The lowest BCUT2D eigenvalue weighted by molar-refractivity contribution is 0.300. The quantitative estimate of drug-likeness (QED) is 0.587. The minimum Gasteiger partial charge on any atom is -0.497 e. The maximum absolute atomic E-state index is 11.5. The predicted octanol–water partition coefficient (Wildman–Crippen LogP) is 4.55. The van der Waals surface area contributed by atoms with E-state index in [0.717, 1.165) is 36.2 Å². The number of primary sulfonamides is 1. The molecule has 0 amide bonds. The molecule has 1 spiro atoms. The number of nitrogens with two attached hydrogens (primary N) is 1. The molecule has 140 valence electrons. The Morgan fingerprint density at radius 3 is 2.38 bits per heavy atom. The summed E-state index contributed by atoms with van der Waals surface area (Å²) < 4.78 is 28.4. The first-order valence-electron chi connectivity index (χ1n) is 8.99. The average molecular weight is 374 g/mol. The maximum Gasteiger partial charge on any atom is 0.238 e. The molecule has 4 nitrogen and oxygen atoms in total. The molecule has 0 bridgehead atoms. The first-order chi connectivity index (χ1) is 12.3. The normalized spacial score (nSPS) is 20.0. The zero-order valence-corrected chi connectivity index (χ0v) is 16.5. The average Bonchev–Trinajstić information content (AvgIpc) is 3.25. The van der Waals surface area contributed by atoms with Crippen molar-refractivity contribution < 1.29 is 13.2 Å². The summed E-state index contributed by atoms with van der Waals surface area (Å²) in [4.78, 5) is 0.163. The van der Waals surface area contributed by atoms with E-state index in [4.69, 9.17) is 9.88 Å². The highest BCUT2D eigenvalue weighted by Crippen LogP contribution is 2.62. The van der Waals surface area contributed by atoms with Crippen LogP contribution >= 0.6 is 0 Å². The van der Waals surface area contributed by atoms with Gasteiger partial charge in [-0.25, -0.2) is 13.6 Å². The first kappa shape index (κ1) is 18.9. The van der Waals surface area contributed by atoms with Crippen LogP contribution in [-0.2, 0) is 14.8 Å². The van der Waals surface area contributed by atoms with Crippen molar-refractivity contribution in [3.05, 3.63) is 58.9 Å². The van der Waals surface area contributed by atoms with Crippen LogP contribution in [0.5, 0.6) is 0 Å². The van der Waals surface area contributed by atoms with Crippen LogP contribution in [0.2, 0.25) is 0 Å². The van der Waals surface area contributed by atoms with Gasteiger partial charge in [0.2, 0.25) is 10.0 Å². The Morgan fingerprint density at radius 1 is 1.23 bits per heavy atom. The fourth-order valence-electron chi connectivity index (χ4n) is 3.88. The number of hydrogen-bond donors (Lipinski definition) is 1. The van der Waals surface area contributed by atoms with Crippen molar-refractivity contribution in [2.45, 2.75) is 50.8 Å². The van der Waals surface area contributed by atoms with E-state index in [2.05, 4.69) is 13.0 Å². The summed E-state index contributed by atoms with van der Waals surface area (Å²) in [7, 11) is -1.96.